The second kappa shape index (κ2) is 9.22. The van der Waals surface area contributed by atoms with Crippen molar-refractivity contribution < 1.29 is 9.90 Å². The van der Waals surface area contributed by atoms with E-state index < -0.39 is 0 Å². The first-order chi connectivity index (χ1) is 14.7. The average Bonchev–Trinajstić information content (AvgIpc) is 3.20. The molecule has 3 heterocycles. The van der Waals surface area contributed by atoms with Crippen LogP contribution in [0.4, 0.5) is 0 Å². The topological polar surface area (TPSA) is 71.2 Å². The van der Waals surface area contributed by atoms with Crippen molar-refractivity contribution in [2.75, 3.05) is 13.2 Å². The zero-order chi connectivity index (χ0) is 20.9. The molecule has 3 aromatic rings. The molecule has 0 bridgehead atoms. The lowest BCUT2D eigenvalue weighted by molar-refractivity contribution is -0.134. The number of hydrogen-bond donors (Lipinski definition) is 1. The van der Waals surface area contributed by atoms with Crippen molar-refractivity contribution in [1.82, 2.24) is 19.7 Å². The van der Waals surface area contributed by atoms with Gasteiger partial charge in [-0.05, 0) is 49.4 Å². The molecular weight excluding hydrogens is 376 g/mol. The predicted molar refractivity (Wildman–Crippen MR) is 116 cm³/mol. The summed E-state index contributed by atoms with van der Waals surface area (Å²) in [5.74, 6) is 0.140. The number of piperidine rings is 1. The number of aryl methyl sites for hydroxylation is 1. The Balaban J connectivity index is 1.65. The van der Waals surface area contributed by atoms with Crippen molar-refractivity contribution in [3.8, 4) is 11.1 Å². The molecule has 1 fully saturated rings. The van der Waals surface area contributed by atoms with Crippen LogP contribution < -0.4 is 0 Å². The number of amides is 1. The molecule has 1 aliphatic rings. The van der Waals surface area contributed by atoms with Gasteiger partial charge in [0.05, 0.1) is 31.3 Å². The maximum atomic E-state index is 13.3. The van der Waals surface area contributed by atoms with Crippen LogP contribution in [-0.2, 0) is 17.8 Å². The van der Waals surface area contributed by atoms with Crippen molar-refractivity contribution in [2.24, 2.45) is 0 Å². The Labute approximate surface area is 177 Å². The van der Waals surface area contributed by atoms with E-state index in [1.807, 2.05) is 35.4 Å². The minimum absolute atomic E-state index is 0.0254. The fourth-order valence-electron chi connectivity index (χ4n) is 4.15. The minimum atomic E-state index is -0.0557. The summed E-state index contributed by atoms with van der Waals surface area (Å²) in [5.41, 5.74) is 5.17. The molecule has 0 spiro atoms. The Hall–Kier alpha value is -2.99. The summed E-state index contributed by atoms with van der Waals surface area (Å²) in [6.07, 6.45) is 8.89. The zero-order valence-corrected chi connectivity index (χ0v) is 17.4. The third-order valence-corrected chi connectivity index (χ3v) is 5.73. The van der Waals surface area contributed by atoms with Crippen molar-refractivity contribution >= 4 is 5.91 Å². The molecule has 0 radical (unpaired) electrons. The van der Waals surface area contributed by atoms with Gasteiger partial charge in [0.1, 0.15) is 0 Å². The van der Waals surface area contributed by atoms with Gasteiger partial charge in [0, 0.05) is 30.7 Å². The third-order valence-electron chi connectivity index (χ3n) is 5.73. The molecule has 1 N–H and O–H groups in total. The van der Waals surface area contributed by atoms with Gasteiger partial charge in [0.25, 0.3) is 0 Å². The Morgan fingerprint density at radius 3 is 2.63 bits per heavy atom. The average molecular weight is 405 g/mol. The summed E-state index contributed by atoms with van der Waals surface area (Å²) < 4.78 is 1.78. The van der Waals surface area contributed by atoms with E-state index in [-0.39, 0.29) is 18.6 Å². The standard InChI is InChI=1S/C24H28N4O2/c1-18-5-7-19(8-6-18)16-23(30)28-13-3-2-4-22(28)24-21(17-27(26-24)14-15-29)20-9-11-25-12-10-20/h5-12,17,22,29H,2-4,13-16H2,1H3. The van der Waals surface area contributed by atoms with E-state index in [4.69, 9.17) is 5.10 Å². The number of rotatable bonds is 6. The number of carbonyl (C=O) groups excluding carboxylic acids is 1. The summed E-state index contributed by atoms with van der Waals surface area (Å²) in [5, 5.41) is 14.2. The molecule has 30 heavy (non-hydrogen) atoms. The van der Waals surface area contributed by atoms with E-state index in [1.54, 1.807) is 17.1 Å². The quantitative estimate of drug-likeness (QED) is 0.682. The summed E-state index contributed by atoms with van der Waals surface area (Å²) in [4.78, 5) is 19.4. The van der Waals surface area contributed by atoms with Gasteiger partial charge in [-0.2, -0.15) is 5.10 Å². The first-order valence-corrected chi connectivity index (χ1v) is 10.6. The Kier molecular flexibility index (Phi) is 6.23. The molecule has 6 nitrogen and oxygen atoms in total. The third kappa shape index (κ3) is 4.44. The van der Waals surface area contributed by atoms with Crippen LogP contribution in [-0.4, -0.2) is 43.8 Å². The summed E-state index contributed by atoms with van der Waals surface area (Å²) >= 11 is 0. The van der Waals surface area contributed by atoms with E-state index in [0.717, 1.165) is 48.2 Å². The molecule has 6 heteroatoms. The van der Waals surface area contributed by atoms with Gasteiger partial charge in [0.15, 0.2) is 0 Å². The highest BCUT2D eigenvalue weighted by Gasteiger charge is 2.32. The molecule has 1 aliphatic heterocycles. The largest absolute Gasteiger partial charge is 0.394 e. The molecule has 1 unspecified atom stereocenters. The van der Waals surface area contributed by atoms with Crippen molar-refractivity contribution in [2.45, 2.75) is 45.2 Å². The second-order valence-electron chi connectivity index (χ2n) is 7.91. The minimum Gasteiger partial charge on any atom is -0.394 e. The summed E-state index contributed by atoms with van der Waals surface area (Å²) in [6.45, 7) is 3.26. The smallest absolute Gasteiger partial charge is 0.227 e. The van der Waals surface area contributed by atoms with Crippen molar-refractivity contribution in [3.63, 3.8) is 0 Å². The van der Waals surface area contributed by atoms with Crippen molar-refractivity contribution in [3.05, 3.63) is 71.8 Å². The number of likely N-dealkylation sites (tertiary alicyclic amines) is 1. The SMILES string of the molecule is Cc1ccc(CC(=O)N2CCCCC2c2nn(CCO)cc2-c2ccncc2)cc1. The van der Waals surface area contributed by atoms with Crippen LogP contribution in [0.2, 0.25) is 0 Å². The highest BCUT2D eigenvalue weighted by atomic mass is 16.3. The normalized spacial score (nSPS) is 16.6. The number of benzene rings is 1. The van der Waals surface area contributed by atoms with E-state index in [2.05, 4.69) is 24.0 Å². The fourth-order valence-corrected chi connectivity index (χ4v) is 4.15. The van der Waals surface area contributed by atoms with Crippen LogP contribution >= 0.6 is 0 Å². The fraction of sp³-hybridized carbons (Fsp3) is 0.375. The number of pyridine rings is 1. The van der Waals surface area contributed by atoms with E-state index in [9.17, 15) is 9.90 Å². The first kappa shape index (κ1) is 20.3. The van der Waals surface area contributed by atoms with Crippen LogP contribution in [0.3, 0.4) is 0 Å². The highest BCUT2D eigenvalue weighted by Crippen LogP contribution is 2.36. The van der Waals surface area contributed by atoms with Crippen LogP contribution in [0.5, 0.6) is 0 Å². The Morgan fingerprint density at radius 1 is 1.13 bits per heavy atom. The number of aliphatic hydroxyl groups is 1. The number of aliphatic hydroxyl groups excluding tert-OH is 1. The van der Waals surface area contributed by atoms with Crippen LogP contribution in [0.25, 0.3) is 11.1 Å². The second-order valence-corrected chi connectivity index (χ2v) is 7.91. The van der Waals surface area contributed by atoms with Gasteiger partial charge in [0.2, 0.25) is 5.91 Å². The predicted octanol–water partition coefficient (Wildman–Crippen LogP) is 3.54. The van der Waals surface area contributed by atoms with Gasteiger partial charge in [-0.1, -0.05) is 29.8 Å². The number of nitrogens with zero attached hydrogens (tertiary/aromatic N) is 4. The van der Waals surface area contributed by atoms with Crippen LogP contribution in [0.1, 0.15) is 42.1 Å². The van der Waals surface area contributed by atoms with Crippen LogP contribution in [0.15, 0.2) is 55.0 Å². The van der Waals surface area contributed by atoms with E-state index >= 15 is 0 Å². The first-order valence-electron chi connectivity index (χ1n) is 10.6. The van der Waals surface area contributed by atoms with Gasteiger partial charge in [-0.3, -0.25) is 14.5 Å². The maximum absolute atomic E-state index is 13.3. The molecule has 156 valence electrons. The van der Waals surface area contributed by atoms with Gasteiger partial charge < -0.3 is 10.0 Å². The van der Waals surface area contributed by atoms with Crippen molar-refractivity contribution in [1.29, 1.82) is 0 Å². The molecule has 1 aromatic carbocycles. The van der Waals surface area contributed by atoms with Gasteiger partial charge in [-0.15, -0.1) is 0 Å². The molecule has 0 saturated carbocycles. The number of aromatic nitrogens is 3. The monoisotopic (exact) mass is 404 g/mol. The molecule has 4 rings (SSSR count). The summed E-state index contributed by atoms with van der Waals surface area (Å²) in [7, 11) is 0. The zero-order valence-electron chi connectivity index (χ0n) is 17.4. The lowest BCUT2D eigenvalue weighted by Crippen LogP contribution is -2.39. The number of hydrogen-bond acceptors (Lipinski definition) is 4. The molecule has 1 atom stereocenters. The maximum Gasteiger partial charge on any atom is 0.227 e. The lowest BCUT2D eigenvalue weighted by atomic mass is 9.94. The summed E-state index contributed by atoms with van der Waals surface area (Å²) in [6, 6.07) is 12.0. The van der Waals surface area contributed by atoms with E-state index in [0.29, 0.717) is 13.0 Å². The van der Waals surface area contributed by atoms with Gasteiger partial charge >= 0.3 is 0 Å². The molecule has 1 amide bonds. The number of carbonyl (C=O) groups is 1. The Morgan fingerprint density at radius 2 is 1.90 bits per heavy atom. The van der Waals surface area contributed by atoms with Crippen LogP contribution in [0, 0.1) is 6.92 Å². The highest BCUT2D eigenvalue weighted by molar-refractivity contribution is 5.80. The Bertz CT molecular complexity index is 982. The molecule has 1 saturated heterocycles. The molecular formula is C24H28N4O2. The van der Waals surface area contributed by atoms with Gasteiger partial charge in [-0.25, -0.2) is 0 Å². The molecule has 0 aliphatic carbocycles. The molecule has 2 aromatic heterocycles. The van der Waals surface area contributed by atoms with E-state index in [1.165, 1.54) is 5.56 Å². The lowest BCUT2D eigenvalue weighted by Gasteiger charge is -2.35.